The third kappa shape index (κ3) is 25.0. The van der Waals surface area contributed by atoms with E-state index in [2.05, 4.69) is 48.1 Å². The molecule has 0 radical (unpaired) electrons. The van der Waals surface area contributed by atoms with Gasteiger partial charge in [0.15, 0.2) is 0 Å². The molecule has 0 aliphatic rings. The number of nitrogens with one attached hydrogen (secondary N) is 2. The van der Waals surface area contributed by atoms with Crippen LogP contribution in [0.1, 0.15) is 98.4 Å². The number of carbonyl (C=O) groups is 3. The molecule has 0 aromatic heterocycles. The molecule has 400 valence electrons. The number of hydrogen-bond acceptors (Lipinski definition) is 14. The summed E-state index contributed by atoms with van der Waals surface area (Å²) in [5.74, 6) is 0.620. The number of nitro benzene ring substituents is 2. The maximum absolute atomic E-state index is 12.8. The second-order valence-electron chi connectivity index (χ2n) is 20.8. The summed E-state index contributed by atoms with van der Waals surface area (Å²) in [6.07, 6.45) is -2.82. The Morgan fingerprint density at radius 3 is 1.33 bits per heavy atom. The minimum atomic E-state index is -0.857. The Balaban J connectivity index is 0.000000389. The minimum Gasteiger partial charge on any atom is -0.444 e. The average Bonchev–Trinajstić information content (AvgIpc) is 3.28. The van der Waals surface area contributed by atoms with E-state index in [1.165, 1.54) is 24.3 Å². The monoisotopic (exact) mass is 1010 g/mol. The molecule has 0 aliphatic carbocycles. The molecule has 18 heteroatoms. The van der Waals surface area contributed by atoms with Crippen molar-refractivity contribution in [3.05, 3.63) is 152 Å². The van der Waals surface area contributed by atoms with Crippen LogP contribution in [-0.2, 0) is 44.9 Å². The van der Waals surface area contributed by atoms with Gasteiger partial charge in [-0.1, -0.05) is 113 Å². The lowest BCUT2D eigenvalue weighted by molar-refractivity contribution is -0.385. The van der Waals surface area contributed by atoms with Gasteiger partial charge in [-0.3, -0.25) is 30.0 Å². The van der Waals surface area contributed by atoms with Crippen LogP contribution in [0, 0.1) is 32.1 Å². The Hall–Kier alpha value is -6.63. The second-order valence-corrected chi connectivity index (χ2v) is 20.8. The topological polar surface area (TPSA) is 225 Å². The molecule has 0 aliphatic heterocycles. The van der Waals surface area contributed by atoms with E-state index in [1.807, 2.05) is 60.7 Å². The predicted octanol–water partition coefficient (Wildman–Crippen LogP) is 10.3. The van der Waals surface area contributed by atoms with Gasteiger partial charge in [0.1, 0.15) is 17.3 Å². The Morgan fingerprint density at radius 1 is 0.575 bits per heavy atom. The van der Waals surface area contributed by atoms with Crippen molar-refractivity contribution in [2.45, 2.75) is 138 Å². The molecular formula is C55H78N6O12. The fourth-order valence-electron chi connectivity index (χ4n) is 7.78. The fraction of sp³-hybridized carbons (Fsp3) is 0.509. The van der Waals surface area contributed by atoms with Gasteiger partial charge in [0, 0.05) is 63.5 Å². The van der Waals surface area contributed by atoms with Gasteiger partial charge in [-0.15, -0.1) is 0 Å². The molecule has 0 saturated heterocycles. The SMILES string of the molecule is CC(C)CN(Cc1ccc([N+](=O)[O-])cc1)C[C@@H](O)C(Cc1ccccc1)NC(=O)OC(C)(C)C.CCOC(=O)O[C@H](CN(Cc1ccc([N+](=O)[O-])cc1)CC(C)C)C(Cc1ccccc1)NC(=O)OC(C)(C)C. The van der Waals surface area contributed by atoms with Crippen LogP contribution in [0.25, 0.3) is 0 Å². The Bertz CT molecular complexity index is 2290. The number of carbonyl (C=O) groups excluding carboxylic acids is 3. The van der Waals surface area contributed by atoms with E-state index in [0.29, 0.717) is 44.9 Å². The molecule has 0 heterocycles. The lowest BCUT2D eigenvalue weighted by Gasteiger charge is -2.33. The zero-order chi connectivity index (χ0) is 54.3. The average molecular weight is 1020 g/mol. The molecule has 0 fully saturated rings. The number of alkyl carbamates (subject to hydrolysis) is 2. The molecule has 18 nitrogen and oxygen atoms in total. The van der Waals surface area contributed by atoms with Gasteiger partial charge in [-0.2, -0.15) is 0 Å². The van der Waals surface area contributed by atoms with Crippen molar-refractivity contribution in [3.63, 3.8) is 0 Å². The van der Waals surface area contributed by atoms with Crippen molar-refractivity contribution in [1.82, 2.24) is 20.4 Å². The first-order valence-corrected chi connectivity index (χ1v) is 24.8. The molecular weight excluding hydrogens is 937 g/mol. The first-order chi connectivity index (χ1) is 34.3. The molecule has 4 aromatic carbocycles. The number of rotatable bonds is 24. The van der Waals surface area contributed by atoms with E-state index >= 15 is 0 Å². The number of nitrogens with zero attached hydrogens (tertiary/aromatic N) is 4. The summed E-state index contributed by atoms with van der Waals surface area (Å²) in [4.78, 5) is 63.2. The van der Waals surface area contributed by atoms with Gasteiger partial charge in [0.2, 0.25) is 0 Å². The highest BCUT2D eigenvalue weighted by molar-refractivity contribution is 5.69. The number of nitro groups is 2. The maximum atomic E-state index is 12.8. The van der Waals surface area contributed by atoms with E-state index in [4.69, 9.17) is 18.9 Å². The van der Waals surface area contributed by atoms with Crippen LogP contribution in [0.15, 0.2) is 109 Å². The van der Waals surface area contributed by atoms with Crippen LogP contribution < -0.4 is 10.6 Å². The summed E-state index contributed by atoms with van der Waals surface area (Å²) in [5, 5.41) is 39.0. The minimum absolute atomic E-state index is 0.0159. The second kappa shape index (κ2) is 29.8. The molecule has 4 atom stereocenters. The number of aliphatic hydroxyl groups excluding tert-OH is 1. The largest absolute Gasteiger partial charge is 0.508 e. The molecule has 3 N–H and O–H groups in total. The highest BCUT2D eigenvalue weighted by Gasteiger charge is 2.32. The zero-order valence-corrected chi connectivity index (χ0v) is 44.4. The normalized spacial score (nSPS) is 13.3. The van der Waals surface area contributed by atoms with Gasteiger partial charge in [0.05, 0.1) is 34.6 Å². The lowest BCUT2D eigenvalue weighted by atomic mass is 10.00. The van der Waals surface area contributed by atoms with Crippen LogP contribution in [0.5, 0.6) is 0 Å². The van der Waals surface area contributed by atoms with Crippen LogP contribution >= 0.6 is 0 Å². The quantitative estimate of drug-likeness (QED) is 0.0257. The molecule has 4 rings (SSSR count). The smallest absolute Gasteiger partial charge is 0.444 e. The predicted molar refractivity (Wildman–Crippen MR) is 281 cm³/mol. The zero-order valence-electron chi connectivity index (χ0n) is 44.4. The summed E-state index contributed by atoms with van der Waals surface area (Å²) in [6.45, 7) is 23.9. The van der Waals surface area contributed by atoms with Crippen LogP contribution in [0.4, 0.5) is 25.8 Å². The molecule has 2 amide bonds. The number of aliphatic hydroxyl groups is 1. The van der Waals surface area contributed by atoms with Crippen molar-refractivity contribution in [1.29, 1.82) is 0 Å². The van der Waals surface area contributed by atoms with Crippen LogP contribution in [-0.4, -0.2) is 111 Å². The Labute approximate surface area is 431 Å². The molecule has 4 aromatic rings. The highest BCUT2D eigenvalue weighted by atomic mass is 16.7. The van der Waals surface area contributed by atoms with Crippen molar-refractivity contribution in [3.8, 4) is 0 Å². The first-order valence-electron chi connectivity index (χ1n) is 24.8. The van der Waals surface area contributed by atoms with Gasteiger partial charge in [-0.25, -0.2) is 14.4 Å². The van der Waals surface area contributed by atoms with Gasteiger partial charge in [0.25, 0.3) is 11.4 Å². The summed E-state index contributed by atoms with van der Waals surface area (Å²) in [7, 11) is 0. The lowest BCUT2D eigenvalue weighted by Crippen LogP contribution is -2.52. The molecule has 2 unspecified atom stereocenters. The van der Waals surface area contributed by atoms with Crippen LogP contribution in [0.3, 0.4) is 0 Å². The standard InChI is InChI=1S/C29H41N3O7.C26H37N3O5/c1-7-37-28(34)38-26(20-31(18-21(2)3)19-23-13-15-24(16-14-23)32(35)36)25(17-22-11-9-8-10-12-22)30-27(33)39-29(4,5)6;1-19(2)16-28(17-21-11-13-22(14-12-21)29(32)33)18-24(30)23(15-20-9-7-6-8-10-20)27-25(31)34-26(3,4)5/h8-16,21,25-26H,7,17-20H2,1-6H3,(H,30,33);6-14,19,23-24,30H,15-18H2,1-5H3,(H,27,31)/t25?,26-;23?,24-/m11/s1. The Morgan fingerprint density at radius 2 is 0.959 bits per heavy atom. The van der Waals surface area contributed by atoms with Gasteiger partial charge in [-0.05, 0) is 95.4 Å². The van der Waals surface area contributed by atoms with Gasteiger partial charge >= 0.3 is 18.3 Å². The summed E-state index contributed by atoms with van der Waals surface area (Å²) < 4.78 is 21.8. The molecule has 73 heavy (non-hydrogen) atoms. The van der Waals surface area contributed by atoms with E-state index in [0.717, 1.165) is 28.8 Å². The number of amides is 2. The molecule has 0 spiro atoms. The van der Waals surface area contributed by atoms with Crippen LogP contribution in [0.2, 0.25) is 0 Å². The summed E-state index contributed by atoms with van der Waals surface area (Å²) in [5.41, 5.74) is 2.43. The summed E-state index contributed by atoms with van der Waals surface area (Å²) >= 11 is 0. The number of hydrogen-bond donors (Lipinski definition) is 3. The highest BCUT2D eigenvalue weighted by Crippen LogP contribution is 2.20. The maximum Gasteiger partial charge on any atom is 0.508 e. The molecule has 0 bridgehead atoms. The van der Waals surface area contributed by atoms with E-state index in [9.17, 15) is 39.7 Å². The van der Waals surface area contributed by atoms with Crippen molar-refractivity contribution < 1.29 is 48.3 Å². The van der Waals surface area contributed by atoms with Crippen molar-refractivity contribution in [2.75, 3.05) is 32.8 Å². The third-order valence-electron chi connectivity index (χ3n) is 10.7. The Kier molecular flexibility index (Phi) is 24.8. The van der Waals surface area contributed by atoms with Gasteiger partial charge < -0.3 is 34.7 Å². The number of non-ortho nitro benzene ring substituents is 2. The number of benzene rings is 4. The van der Waals surface area contributed by atoms with Crippen molar-refractivity contribution >= 4 is 29.7 Å². The van der Waals surface area contributed by atoms with E-state index in [1.54, 1.807) is 72.7 Å². The number of ether oxygens (including phenoxy) is 4. The van der Waals surface area contributed by atoms with Crippen molar-refractivity contribution in [2.24, 2.45) is 11.8 Å². The van der Waals surface area contributed by atoms with E-state index < -0.39 is 63.7 Å². The first kappa shape index (κ1) is 60.7. The molecule has 0 saturated carbocycles. The summed E-state index contributed by atoms with van der Waals surface area (Å²) in [6, 6.07) is 30.9. The van der Waals surface area contributed by atoms with E-state index in [-0.39, 0.29) is 30.4 Å². The third-order valence-corrected chi connectivity index (χ3v) is 10.7. The fourth-order valence-corrected chi connectivity index (χ4v) is 7.78.